The van der Waals surface area contributed by atoms with Gasteiger partial charge in [-0.3, -0.25) is 4.79 Å². The third-order valence-electron chi connectivity index (χ3n) is 4.11. The first-order valence-corrected chi connectivity index (χ1v) is 8.67. The fraction of sp³-hybridized carbons (Fsp3) is 0.0455. The third kappa shape index (κ3) is 3.61. The van der Waals surface area contributed by atoms with Crippen LogP contribution in [-0.2, 0) is 0 Å². The molecule has 28 heavy (non-hydrogen) atoms. The van der Waals surface area contributed by atoms with E-state index in [1.54, 1.807) is 49.7 Å². The van der Waals surface area contributed by atoms with E-state index in [4.69, 9.17) is 9.15 Å². The minimum Gasteiger partial charge on any atom is -0.494 e. The molecule has 1 amide bonds. The van der Waals surface area contributed by atoms with Crippen LogP contribution >= 0.6 is 0 Å². The number of amides is 1. The molecule has 0 spiro atoms. The minimum atomic E-state index is -0.359. The Kier molecular flexibility index (Phi) is 4.84. The van der Waals surface area contributed by atoms with Crippen LogP contribution in [0.2, 0.25) is 0 Å². The van der Waals surface area contributed by atoms with E-state index in [0.29, 0.717) is 28.4 Å². The number of aromatic nitrogens is 1. The second-order valence-corrected chi connectivity index (χ2v) is 5.96. The number of hydrogen-bond acceptors (Lipinski definition) is 5. The molecule has 0 aliphatic carbocycles. The first-order chi connectivity index (χ1) is 13.7. The summed E-state index contributed by atoms with van der Waals surface area (Å²) < 4.78 is 11.3. The molecule has 2 aromatic heterocycles. The van der Waals surface area contributed by atoms with Gasteiger partial charge in [0.2, 0.25) is 5.55 Å². The second kappa shape index (κ2) is 7.75. The number of hydrogen-bond donors (Lipinski definition) is 1. The summed E-state index contributed by atoms with van der Waals surface area (Å²) in [6.45, 7) is 0. The van der Waals surface area contributed by atoms with Gasteiger partial charge in [0.25, 0.3) is 5.91 Å². The monoisotopic (exact) mass is 371 g/mol. The van der Waals surface area contributed by atoms with Crippen LogP contribution in [-0.4, -0.2) is 18.0 Å². The first kappa shape index (κ1) is 17.5. The Bertz CT molecular complexity index is 1200. The molecule has 4 aromatic rings. The van der Waals surface area contributed by atoms with E-state index in [1.165, 1.54) is 0 Å². The van der Waals surface area contributed by atoms with Crippen LogP contribution < -0.4 is 15.6 Å². The van der Waals surface area contributed by atoms with E-state index in [0.717, 1.165) is 5.39 Å². The Morgan fingerprint density at radius 1 is 1.04 bits per heavy atom. The Hall–Kier alpha value is -3.93. The number of ether oxygens (including phenoxy) is 1. The van der Waals surface area contributed by atoms with Gasteiger partial charge >= 0.3 is 0 Å². The minimum absolute atomic E-state index is 0.191. The summed E-state index contributed by atoms with van der Waals surface area (Å²) in [7, 11) is 1.57. The van der Waals surface area contributed by atoms with Crippen molar-refractivity contribution in [3.05, 3.63) is 90.1 Å². The van der Waals surface area contributed by atoms with Crippen molar-refractivity contribution in [1.82, 2.24) is 4.98 Å². The van der Waals surface area contributed by atoms with Crippen molar-refractivity contribution in [2.45, 2.75) is 0 Å². The topological polar surface area (TPSA) is 76.7 Å². The van der Waals surface area contributed by atoms with Crippen molar-refractivity contribution in [1.29, 1.82) is 0 Å². The maximum absolute atomic E-state index is 12.9. The number of benzene rings is 2. The van der Waals surface area contributed by atoms with Gasteiger partial charge in [-0.2, -0.15) is 0 Å². The molecule has 0 radical (unpaired) electrons. The maximum Gasteiger partial charge on any atom is 0.262 e. The lowest BCUT2D eigenvalue weighted by molar-refractivity contribution is 0.102. The second-order valence-electron chi connectivity index (χ2n) is 5.96. The number of carbonyl (C=O) groups excluding carboxylic acids is 1. The summed E-state index contributed by atoms with van der Waals surface area (Å²) in [6.07, 6.45) is 1.61. The Labute approximate surface area is 161 Å². The van der Waals surface area contributed by atoms with Crippen LogP contribution in [0.25, 0.3) is 11.0 Å². The molecular formula is C22H17N3O3. The molecule has 0 saturated heterocycles. The lowest BCUT2D eigenvalue weighted by atomic mass is 10.1. The molecule has 6 nitrogen and oxygen atoms in total. The molecule has 0 bridgehead atoms. The van der Waals surface area contributed by atoms with Gasteiger partial charge < -0.3 is 14.5 Å². The van der Waals surface area contributed by atoms with Crippen LogP contribution in [0, 0.1) is 0 Å². The van der Waals surface area contributed by atoms with Gasteiger partial charge in [0.15, 0.2) is 0 Å². The Morgan fingerprint density at radius 3 is 2.64 bits per heavy atom. The standard InChI is InChI=1S/C22H17N3O3/c1-27-19-11-5-3-9-17(19)24-22-16(14-15-8-2-4-10-18(15)28-22)21(26)25-20-12-6-7-13-23-20/h2-14H,1H3,(H,23,25,26). The number of pyridine rings is 1. The van der Waals surface area contributed by atoms with E-state index in [2.05, 4.69) is 15.3 Å². The fourth-order valence-corrected chi connectivity index (χ4v) is 2.77. The number of nitrogens with one attached hydrogen (secondary N) is 1. The van der Waals surface area contributed by atoms with Crippen molar-refractivity contribution in [3.63, 3.8) is 0 Å². The highest BCUT2D eigenvalue weighted by Gasteiger charge is 2.14. The van der Waals surface area contributed by atoms with E-state index in [1.807, 2.05) is 36.4 Å². The Balaban J connectivity index is 1.87. The van der Waals surface area contributed by atoms with Gasteiger partial charge in [-0.25, -0.2) is 9.98 Å². The molecule has 0 saturated carbocycles. The van der Waals surface area contributed by atoms with Crippen molar-refractivity contribution in [2.24, 2.45) is 4.99 Å². The smallest absolute Gasteiger partial charge is 0.262 e. The predicted molar refractivity (Wildman–Crippen MR) is 107 cm³/mol. The average molecular weight is 371 g/mol. The largest absolute Gasteiger partial charge is 0.494 e. The molecule has 2 aromatic carbocycles. The van der Waals surface area contributed by atoms with Crippen molar-refractivity contribution in [3.8, 4) is 5.75 Å². The zero-order valence-electron chi connectivity index (χ0n) is 15.1. The van der Waals surface area contributed by atoms with Crippen LogP contribution in [0.1, 0.15) is 10.4 Å². The van der Waals surface area contributed by atoms with Crippen LogP contribution in [0.5, 0.6) is 5.75 Å². The molecule has 6 heteroatoms. The zero-order chi connectivity index (χ0) is 19.3. The highest BCUT2D eigenvalue weighted by atomic mass is 16.5. The van der Waals surface area contributed by atoms with Crippen LogP contribution in [0.4, 0.5) is 11.5 Å². The van der Waals surface area contributed by atoms with Crippen molar-refractivity contribution < 1.29 is 13.9 Å². The number of methoxy groups -OCH3 is 1. The van der Waals surface area contributed by atoms with E-state index >= 15 is 0 Å². The van der Waals surface area contributed by atoms with Gasteiger partial charge in [0, 0.05) is 11.6 Å². The average Bonchev–Trinajstić information content (AvgIpc) is 2.74. The molecule has 0 atom stereocenters. The number of para-hydroxylation sites is 3. The summed E-state index contributed by atoms with van der Waals surface area (Å²) in [5.41, 5.74) is 1.69. The molecule has 4 rings (SSSR count). The van der Waals surface area contributed by atoms with E-state index < -0.39 is 0 Å². The third-order valence-corrected chi connectivity index (χ3v) is 4.11. The number of nitrogens with zero attached hydrogens (tertiary/aromatic N) is 2. The summed E-state index contributed by atoms with van der Waals surface area (Å²) in [5.74, 6) is 0.674. The van der Waals surface area contributed by atoms with Gasteiger partial charge in [-0.15, -0.1) is 0 Å². The lowest BCUT2D eigenvalue weighted by Crippen LogP contribution is -2.22. The predicted octanol–water partition coefficient (Wildman–Crippen LogP) is 4.32. The molecule has 2 heterocycles. The van der Waals surface area contributed by atoms with Crippen molar-refractivity contribution >= 4 is 28.4 Å². The van der Waals surface area contributed by atoms with Crippen LogP contribution in [0.3, 0.4) is 0 Å². The summed E-state index contributed by atoms with van der Waals surface area (Å²) in [5, 5.41) is 3.58. The fourth-order valence-electron chi connectivity index (χ4n) is 2.77. The zero-order valence-corrected chi connectivity index (χ0v) is 15.1. The molecule has 0 aliphatic rings. The van der Waals surface area contributed by atoms with Gasteiger partial charge in [-0.05, 0) is 36.4 Å². The summed E-state index contributed by atoms with van der Waals surface area (Å²) in [6, 6.07) is 21.8. The van der Waals surface area contributed by atoms with Gasteiger partial charge in [0.1, 0.15) is 28.4 Å². The number of rotatable bonds is 4. The highest BCUT2D eigenvalue weighted by molar-refractivity contribution is 6.04. The van der Waals surface area contributed by atoms with E-state index in [-0.39, 0.29) is 11.5 Å². The molecular weight excluding hydrogens is 354 g/mol. The SMILES string of the molecule is COc1ccccc1N=c1oc2ccccc2cc1C(=O)Nc1ccccn1. The number of anilines is 1. The number of carbonyl (C=O) groups is 1. The van der Waals surface area contributed by atoms with Gasteiger partial charge in [0.05, 0.1) is 7.11 Å². The lowest BCUT2D eigenvalue weighted by Gasteiger charge is -2.07. The summed E-state index contributed by atoms with van der Waals surface area (Å²) in [4.78, 5) is 21.6. The van der Waals surface area contributed by atoms with Crippen molar-refractivity contribution in [2.75, 3.05) is 12.4 Å². The molecule has 0 aliphatic heterocycles. The number of fused-ring (bicyclic) bond motifs is 1. The quantitative estimate of drug-likeness (QED) is 0.579. The molecule has 138 valence electrons. The normalized spacial score (nSPS) is 11.4. The molecule has 0 fully saturated rings. The highest BCUT2D eigenvalue weighted by Crippen LogP contribution is 2.26. The van der Waals surface area contributed by atoms with E-state index in [9.17, 15) is 4.79 Å². The molecule has 0 unspecified atom stereocenters. The first-order valence-electron chi connectivity index (χ1n) is 8.67. The maximum atomic E-state index is 12.9. The van der Waals surface area contributed by atoms with Gasteiger partial charge in [-0.1, -0.05) is 36.4 Å². The molecule has 1 N–H and O–H groups in total. The summed E-state index contributed by atoms with van der Waals surface area (Å²) >= 11 is 0. The van der Waals surface area contributed by atoms with Crippen LogP contribution in [0.15, 0.2) is 88.4 Å². The Morgan fingerprint density at radius 2 is 1.82 bits per heavy atom.